The lowest BCUT2D eigenvalue weighted by molar-refractivity contribution is 0.468. The standard InChI is InChI=1S/C11H16N4/c1-2-10-13-14-11(15(10)5-1)8-6-7-3-4-9(8)12-7/h7-9,12H,1-6H2. The van der Waals surface area contributed by atoms with Gasteiger partial charge in [0.15, 0.2) is 0 Å². The summed E-state index contributed by atoms with van der Waals surface area (Å²) < 4.78 is 2.37. The third-order valence-corrected chi connectivity index (χ3v) is 4.27. The predicted molar refractivity (Wildman–Crippen MR) is 55.6 cm³/mol. The second kappa shape index (κ2) is 2.82. The molecule has 2 fully saturated rings. The van der Waals surface area contributed by atoms with Gasteiger partial charge in [-0.25, -0.2) is 0 Å². The van der Waals surface area contributed by atoms with Crippen molar-refractivity contribution in [2.75, 3.05) is 0 Å². The Morgan fingerprint density at radius 1 is 1.27 bits per heavy atom. The molecule has 0 spiro atoms. The number of hydrogen-bond acceptors (Lipinski definition) is 3. The lowest BCUT2D eigenvalue weighted by Gasteiger charge is -2.19. The Balaban J connectivity index is 1.72. The molecule has 0 aliphatic carbocycles. The summed E-state index contributed by atoms with van der Waals surface area (Å²) in [6.07, 6.45) is 6.36. The highest BCUT2D eigenvalue weighted by molar-refractivity contribution is 5.14. The van der Waals surface area contributed by atoms with Gasteiger partial charge in [-0.2, -0.15) is 0 Å². The zero-order chi connectivity index (χ0) is 9.83. The van der Waals surface area contributed by atoms with Crippen LogP contribution in [0.4, 0.5) is 0 Å². The molecule has 0 radical (unpaired) electrons. The van der Waals surface area contributed by atoms with Crippen molar-refractivity contribution in [1.82, 2.24) is 20.1 Å². The minimum absolute atomic E-state index is 0.642. The molecule has 4 nitrogen and oxygen atoms in total. The number of aryl methyl sites for hydroxylation is 1. The maximum atomic E-state index is 4.41. The Hall–Kier alpha value is -0.900. The number of rotatable bonds is 1. The molecule has 0 amide bonds. The van der Waals surface area contributed by atoms with Gasteiger partial charge in [-0.05, 0) is 25.7 Å². The summed E-state index contributed by atoms with van der Waals surface area (Å²) in [5, 5.41) is 12.4. The van der Waals surface area contributed by atoms with Gasteiger partial charge in [0.05, 0.1) is 0 Å². The van der Waals surface area contributed by atoms with E-state index in [-0.39, 0.29) is 0 Å². The molecule has 4 heteroatoms. The van der Waals surface area contributed by atoms with E-state index < -0.39 is 0 Å². The molecule has 3 aliphatic rings. The monoisotopic (exact) mass is 204 g/mol. The summed E-state index contributed by atoms with van der Waals surface area (Å²) in [5.41, 5.74) is 0. The predicted octanol–water partition coefficient (Wildman–Crippen LogP) is 0.832. The van der Waals surface area contributed by atoms with Crippen LogP contribution in [0.1, 0.15) is 43.3 Å². The molecule has 3 aliphatic heterocycles. The summed E-state index contributed by atoms with van der Waals surface area (Å²) in [4.78, 5) is 0. The largest absolute Gasteiger partial charge is 0.315 e. The van der Waals surface area contributed by atoms with E-state index in [1.165, 1.54) is 37.3 Å². The summed E-state index contributed by atoms with van der Waals surface area (Å²) in [6.45, 7) is 1.14. The lowest BCUT2D eigenvalue weighted by atomic mass is 9.88. The molecule has 1 aromatic heterocycles. The number of hydrogen-bond donors (Lipinski definition) is 1. The third-order valence-electron chi connectivity index (χ3n) is 4.27. The van der Waals surface area contributed by atoms with Crippen LogP contribution in [0.25, 0.3) is 0 Å². The van der Waals surface area contributed by atoms with Crippen LogP contribution in [0.2, 0.25) is 0 Å². The summed E-state index contributed by atoms with van der Waals surface area (Å²) in [7, 11) is 0. The molecule has 4 rings (SSSR count). The first-order valence-corrected chi connectivity index (χ1v) is 6.10. The minimum atomic E-state index is 0.642. The van der Waals surface area contributed by atoms with Gasteiger partial charge in [0, 0.05) is 31.0 Å². The molecule has 2 saturated heterocycles. The average molecular weight is 204 g/mol. The highest BCUT2D eigenvalue weighted by atomic mass is 15.3. The first-order valence-electron chi connectivity index (χ1n) is 6.10. The van der Waals surface area contributed by atoms with Gasteiger partial charge in [-0.1, -0.05) is 0 Å². The molecule has 1 N–H and O–H groups in total. The molecular formula is C11H16N4. The van der Waals surface area contributed by atoms with E-state index in [9.17, 15) is 0 Å². The van der Waals surface area contributed by atoms with E-state index in [0.29, 0.717) is 12.0 Å². The van der Waals surface area contributed by atoms with Gasteiger partial charge in [0.1, 0.15) is 11.6 Å². The van der Waals surface area contributed by atoms with Crippen LogP contribution in [-0.4, -0.2) is 26.8 Å². The molecule has 80 valence electrons. The Morgan fingerprint density at radius 3 is 3.07 bits per heavy atom. The molecule has 2 bridgehead atoms. The van der Waals surface area contributed by atoms with Gasteiger partial charge in [-0.15, -0.1) is 10.2 Å². The SMILES string of the molecule is C1Cc2nnc(C3CC4CCC3N4)n2C1. The minimum Gasteiger partial charge on any atom is -0.315 e. The highest BCUT2D eigenvalue weighted by Crippen LogP contribution is 2.39. The first kappa shape index (κ1) is 8.28. The average Bonchev–Trinajstić information content (AvgIpc) is 2.97. The van der Waals surface area contributed by atoms with Crippen molar-refractivity contribution in [3.05, 3.63) is 11.6 Å². The number of fused-ring (bicyclic) bond motifs is 3. The lowest BCUT2D eigenvalue weighted by Crippen LogP contribution is -2.23. The van der Waals surface area contributed by atoms with Crippen LogP contribution in [0.5, 0.6) is 0 Å². The van der Waals surface area contributed by atoms with Crippen LogP contribution in [0.3, 0.4) is 0 Å². The molecule has 0 aromatic carbocycles. The summed E-state index contributed by atoms with van der Waals surface area (Å²) in [5.74, 6) is 3.12. The summed E-state index contributed by atoms with van der Waals surface area (Å²) >= 11 is 0. The highest BCUT2D eigenvalue weighted by Gasteiger charge is 2.42. The second-order valence-corrected chi connectivity index (χ2v) is 5.12. The third kappa shape index (κ3) is 1.06. The van der Waals surface area contributed by atoms with E-state index in [4.69, 9.17) is 0 Å². The maximum absolute atomic E-state index is 4.41. The van der Waals surface area contributed by atoms with Crippen LogP contribution in [0.15, 0.2) is 0 Å². The number of aromatic nitrogens is 3. The Bertz CT molecular complexity index is 397. The maximum Gasteiger partial charge on any atom is 0.137 e. The normalized spacial score (nSPS) is 37.5. The van der Waals surface area contributed by atoms with E-state index >= 15 is 0 Å². The van der Waals surface area contributed by atoms with Crippen LogP contribution in [-0.2, 0) is 13.0 Å². The van der Waals surface area contributed by atoms with Crippen molar-refractivity contribution in [3.8, 4) is 0 Å². The van der Waals surface area contributed by atoms with Crippen molar-refractivity contribution >= 4 is 0 Å². The van der Waals surface area contributed by atoms with E-state index in [0.717, 1.165) is 19.0 Å². The van der Waals surface area contributed by atoms with E-state index in [2.05, 4.69) is 20.1 Å². The molecule has 15 heavy (non-hydrogen) atoms. The van der Waals surface area contributed by atoms with Crippen molar-refractivity contribution in [1.29, 1.82) is 0 Å². The van der Waals surface area contributed by atoms with Crippen LogP contribution in [0, 0.1) is 0 Å². The van der Waals surface area contributed by atoms with Crippen molar-refractivity contribution in [3.63, 3.8) is 0 Å². The Labute approximate surface area is 89.1 Å². The number of nitrogens with zero attached hydrogens (tertiary/aromatic N) is 3. The smallest absolute Gasteiger partial charge is 0.137 e. The fourth-order valence-electron chi connectivity index (χ4n) is 3.56. The van der Waals surface area contributed by atoms with Gasteiger partial charge in [0.2, 0.25) is 0 Å². The molecule has 0 saturated carbocycles. The summed E-state index contributed by atoms with van der Waals surface area (Å²) in [6, 6.07) is 1.44. The molecule has 3 atom stereocenters. The molecule has 3 unspecified atom stereocenters. The van der Waals surface area contributed by atoms with Crippen LogP contribution < -0.4 is 5.32 Å². The van der Waals surface area contributed by atoms with Crippen LogP contribution >= 0.6 is 0 Å². The van der Waals surface area contributed by atoms with Crippen molar-refractivity contribution in [2.45, 2.75) is 56.7 Å². The van der Waals surface area contributed by atoms with Gasteiger partial charge in [0.25, 0.3) is 0 Å². The zero-order valence-corrected chi connectivity index (χ0v) is 8.82. The zero-order valence-electron chi connectivity index (χ0n) is 8.82. The quantitative estimate of drug-likeness (QED) is 0.737. The van der Waals surface area contributed by atoms with E-state index in [1.807, 2.05) is 0 Å². The fourth-order valence-corrected chi connectivity index (χ4v) is 3.56. The Morgan fingerprint density at radius 2 is 2.27 bits per heavy atom. The fraction of sp³-hybridized carbons (Fsp3) is 0.818. The Kier molecular flexibility index (Phi) is 1.55. The van der Waals surface area contributed by atoms with Crippen molar-refractivity contribution in [2.24, 2.45) is 0 Å². The second-order valence-electron chi connectivity index (χ2n) is 5.12. The molecule has 4 heterocycles. The van der Waals surface area contributed by atoms with Gasteiger partial charge < -0.3 is 9.88 Å². The molecule has 1 aromatic rings. The van der Waals surface area contributed by atoms with Crippen molar-refractivity contribution < 1.29 is 0 Å². The molecular weight excluding hydrogens is 188 g/mol. The van der Waals surface area contributed by atoms with Gasteiger partial charge >= 0.3 is 0 Å². The number of nitrogens with one attached hydrogen (secondary N) is 1. The van der Waals surface area contributed by atoms with Gasteiger partial charge in [-0.3, -0.25) is 0 Å². The first-order chi connectivity index (χ1) is 7.42. The van der Waals surface area contributed by atoms with E-state index in [1.54, 1.807) is 0 Å². The topological polar surface area (TPSA) is 42.7 Å².